The smallest absolute Gasteiger partial charge is 0.179 e. The second-order valence-corrected chi connectivity index (χ2v) is 5.28. The maximum Gasteiger partial charge on any atom is 0.179 e. The van der Waals surface area contributed by atoms with Crippen LogP contribution in [-0.4, -0.2) is 38.1 Å². The Kier molecular flexibility index (Phi) is 3.74. The van der Waals surface area contributed by atoms with Gasteiger partial charge in [-0.3, -0.25) is 4.79 Å². The molecule has 1 fully saturated rings. The first-order valence-corrected chi connectivity index (χ1v) is 7.20. The lowest BCUT2D eigenvalue weighted by Crippen LogP contribution is -2.34. The van der Waals surface area contributed by atoms with Gasteiger partial charge in [0.25, 0.3) is 0 Å². The van der Waals surface area contributed by atoms with Gasteiger partial charge in [0.15, 0.2) is 5.78 Å². The van der Waals surface area contributed by atoms with Gasteiger partial charge in [-0.15, -0.1) is 6.58 Å². The molecule has 0 aromatic heterocycles. The fourth-order valence-corrected chi connectivity index (χ4v) is 2.88. The van der Waals surface area contributed by atoms with Gasteiger partial charge in [-0.1, -0.05) is 6.08 Å². The minimum absolute atomic E-state index is 0.0228. The Labute approximate surface area is 119 Å². The Morgan fingerprint density at radius 3 is 3.20 bits per heavy atom. The van der Waals surface area contributed by atoms with Crippen molar-refractivity contribution in [1.29, 1.82) is 0 Å². The number of anilines is 1. The molecular weight excluding hydrogens is 252 g/mol. The SMILES string of the molecule is C=CCN1CCOc2ccc(C(=O)C3CCCN3)cc21. The molecule has 1 N–H and O–H groups in total. The maximum atomic E-state index is 12.5. The Morgan fingerprint density at radius 1 is 1.55 bits per heavy atom. The molecule has 1 aromatic carbocycles. The van der Waals surface area contributed by atoms with E-state index < -0.39 is 0 Å². The van der Waals surface area contributed by atoms with E-state index in [4.69, 9.17) is 4.74 Å². The molecule has 4 heteroatoms. The van der Waals surface area contributed by atoms with E-state index in [0.717, 1.165) is 49.5 Å². The summed E-state index contributed by atoms with van der Waals surface area (Å²) in [5.74, 6) is 1.04. The van der Waals surface area contributed by atoms with Gasteiger partial charge in [-0.25, -0.2) is 0 Å². The lowest BCUT2D eigenvalue weighted by molar-refractivity contribution is 0.0952. The van der Waals surface area contributed by atoms with Crippen LogP contribution in [-0.2, 0) is 0 Å². The molecule has 106 valence electrons. The van der Waals surface area contributed by atoms with Crippen LogP contribution in [0, 0.1) is 0 Å². The van der Waals surface area contributed by atoms with Crippen molar-refractivity contribution < 1.29 is 9.53 Å². The van der Waals surface area contributed by atoms with Crippen molar-refractivity contribution in [3.63, 3.8) is 0 Å². The summed E-state index contributed by atoms with van der Waals surface area (Å²) in [6.07, 6.45) is 3.89. The molecule has 1 saturated heterocycles. The van der Waals surface area contributed by atoms with Crippen molar-refractivity contribution in [3.8, 4) is 5.75 Å². The fraction of sp³-hybridized carbons (Fsp3) is 0.438. The largest absolute Gasteiger partial charge is 0.490 e. The molecule has 0 radical (unpaired) electrons. The van der Waals surface area contributed by atoms with E-state index in [2.05, 4.69) is 16.8 Å². The number of carbonyl (C=O) groups excluding carboxylic acids is 1. The van der Waals surface area contributed by atoms with Crippen molar-refractivity contribution in [3.05, 3.63) is 36.4 Å². The summed E-state index contributed by atoms with van der Waals surface area (Å²) in [5.41, 5.74) is 1.77. The second-order valence-electron chi connectivity index (χ2n) is 5.28. The van der Waals surface area contributed by atoms with E-state index in [1.165, 1.54) is 0 Å². The molecule has 2 aliphatic heterocycles. The van der Waals surface area contributed by atoms with E-state index in [1.807, 2.05) is 24.3 Å². The van der Waals surface area contributed by atoms with Crippen molar-refractivity contribution in [1.82, 2.24) is 5.32 Å². The van der Waals surface area contributed by atoms with Crippen LogP contribution in [0.15, 0.2) is 30.9 Å². The molecule has 0 saturated carbocycles. The summed E-state index contributed by atoms with van der Waals surface area (Å²) < 4.78 is 5.66. The molecule has 0 amide bonds. The molecule has 0 aliphatic carbocycles. The van der Waals surface area contributed by atoms with Crippen molar-refractivity contribution in [2.24, 2.45) is 0 Å². The van der Waals surface area contributed by atoms with Gasteiger partial charge < -0.3 is 15.0 Å². The summed E-state index contributed by atoms with van der Waals surface area (Å²) in [7, 11) is 0. The van der Waals surface area contributed by atoms with Crippen LogP contribution in [0.1, 0.15) is 23.2 Å². The van der Waals surface area contributed by atoms with E-state index >= 15 is 0 Å². The summed E-state index contributed by atoms with van der Waals surface area (Å²) in [4.78, 5) is 14.7. The van der Waals surface area contributed by atoms with E-state index in [9.17, 15) is 4.79 Å². The highest BCUT2D eigenvalue weighted by Gasteiger charge is 2.25. The third kappa shape index (κ3) is 2.43. The first kappa shape index (κ1) is 13.2. The lowest BCUT2D eigenvalue weighted by Gasteiger charge is -2.30. The minimum atomic E-state index is -0.0228. The number of benzene rings is 1. The topological polar surface area (TPSA) is 41.6 Å². The number of hydrogen-bond acceptors (Lipinski definition) is 4. The monoisotopic (exact) mass is 272 g/mol. The number of ether oxygens (including phenoxy) is 1. The summed E-state index contributed by atoms with van der Waals surface area (Å²) in [6.45, 7) is 7.01. The van der Waals surface area contributed by atoms with E-state index in [0.29, 0.717) is 6.61 Å². The van der Waals surface area contributed by atoms with Gasteiger partial charge in [0, 0.05) is 12.1 Å². The van der Waals surface area contributed by atoms with Crippen molar-refractivity contribution >= 4 is 11.5 Å². The van der Waals surface area contributed by atoms with Crippen molar-refractivity contribution in [2.75, 3.05) is 31.1 Å². The number of carbonyl (C=O) groups is 1. The first-order valence-electron chi connectivity index (χ1n) is 7.20. The lowest BCUT2D eigenvalue weighted by atomic mass is 10.0. The van der Waals surface area contributed by atoms with Gasteiger partial charge in [-0.05, 0) is 37.6 Å². The standard InChI is InChI=1S/C16H20N2O2/c1-2-8-18-9-10-20-15-6-5-12(11-14(15)18)16(19)13-4-3-7-17-13/h2,5-6,11,13,17H,1,3-4,7-10H2. The molecular formula is C16H20N2O2. The fourth-order valence-electron chi connectivity index (χ4n) is 2.88. The first-order chi connectivity index (χ1) is 9.79. The highest BCUT2D eigenvalue weighted by Crippen LogP contribution is 2.33. The van der Waals surface area contributed by atoms with Crippen LogP contribution < -0.4 is 15.0 Å². The molecule has 20 heavy (non-hydrogen) atoms. The second kappa shape index (κ2) is 5.67. The highest BCUT2D eigenvalue weighted by molar-refractivity contribution is 6.01. The zero-order chi connectivity index (χ0) is 13.9. The molecule has 1 aromatic rings. The predicted octanol–water partition coefficient (Wildman–Crippen LogP) is 2.01. The average molecular weight is 272 g/mol. The predicted molar refractivity (Wildman–Crippen MR) is 79.7 cm³/mol. The number of rotatable bonds is 4. The number of nitrogens with one attached hydrogen (secondary N) is 1. The summed E-state index contributed by atoms with van der Waals surface area (Å²) >= 11 is 0. The van der Waals surface area contributed by atoms with Crippen LogP contribution in [0.2, 0.25) is 0 Å². The molecule has 2 aliphatic rings. The van der Waals surface area contributed by atoms with Gasteiger partial charge >= 0.3 is 0 Å². The van der Waals surface area contributed by atoms with Gasteiger partial charge in [0.1, 0.15) is 12.4 Å². The Balaban J connectivity index is 1.88. The van der Waals surface area contributed by atoms with E-state index in [-0.39, 0.29) is 11.8 Å². The van der Waals surface area contributed by atoms with Crippen LogP contribution in [0.5, 0.6) is 5.75 Å². The van der Waals surface area contributed by atoms with Crippen LogP contribution in [0.25, 0.3) is 0 Å². The minimum Gasteiger partial charge on any atom is -0.490 e. The Hall–Kier alpha value is -1.81. The number of ketones is 1. The zero-order valence-electron chi connectivity index (χ0n) is 11.6. The normalized spacial score (nSPS) is 21.2. The third-order valence-corrected chi connectivity index (χ3v) is 3.93. The van der Waals surface area contributed by atoms with Gasteiger partial charge in [0.2, 0.25) is 0 Å². The maximum absolute atomic E-state index is 12.5. The molecule has 0 spiro atoms. The molecule has 3 rings (SSSR count). The molecule has 4 nitrogen and oxygen atoms in total. The molecule has 0 bridgehead atoms. The highest BCUT2D eigenvalue weighted by atomic mass is 16.5. The van der Waals surface area contributed by atoms with Crippen LogP contribution in [0.4, 0.5) is 5.69 Å². The van der Waals surface area contributed by atoms with E-state index in [1.54, 1.807) is 0 Å². The summed E-state index contributed by atoms with van der Waals surface area (Å²) in [6, 6.07) is 5.72. The number of Topliss-reactive ketones (excluding diaryl/α,β-unsaturated/α-hetero) is 1. The summed E-state index contributed by atoms with van der Waals surface area (Å²) in [5, 5.41) is 3.26. The van der Waals surface area contributed by atoms with Gasteiger partial charge in [0.05, 0.1) is 18.3 Å². The number of fused-ring (bicyclic) bond motifs is 1. The average Bonchev–Trinajstić information content (AvgIpc) is 3.01. The molecule has 1 atom stereocenters. The quantitative estimate of drug-likeness (QED) is 0.672. The Morgan fingerprint density at radius 2 is 2.45 bits per heavy atom. The van der Waals surface area contributed by atoms with Crippen molar-refractivity contribution in [2.45, 2.75) is 18.9 Å². The molecule has 2 heterocycles. The molecule has 1 unspecified atom stereocenters. The van der Waals surface area contributed by atoms with Gasteiger partial charge in [-0.2, -0.15) is 0 Å². The number of hydrogen-bond donors (Lipinski definition) is 1. The van der Waals surface area contributed by atoms with Crippen LogP contribution in [0.3, 0.4) is 0 Å². The van der Waals surface area contributed by atoms with Crippen LogP contribution >= 0.6 is 0 Å². The third-order valence-electron chi connectivity index (χ3n) is 3.93. The zero-order valence-corrected chi connectivity index (χ0v) is 11.6. The number of nitrogens with zero attached hydrogens (tertiary/aromatic N) is 1. The Bertz CT molecular complexity index is 521.